The van der Waals surface area contributed by atoms with Crippen LogP contribution in [0.5, 0.6) is 5.75 Å². The number of ether oxygens (including phenoxy) is 2. The van der Waals surface area contributed by atoms with Crippen LogP contribution in [0.2, 0.25) is 0 Å². The van der Waals surface area contributed by atoms with Gasteiger partial charge in [0.1, 0.15) is 16.7 Å². The number of para-hydroxylation sites is 1. The van der Waals surface area contributed by atoms with Crippen molar-refractivity contribution in [1.82, 2.24) is 9.69 Å². The van der Waals surface area contributed by atoms with Crippen molar-refractivity contribution in [1.29, 1.82) is 0 Å². The summed E-state index contributed by atoms with van der Waals surface area (Å²) >= 11 is 0.770. The Kier molecular flexibility index (Phi) is 8.59. The van der Waals surface area contributed by atoms with E-state index in [4.69, 9.17) is 20.9 Å². The number of nitrogen functional groups attached to an aromatic ring is 1. The van der Waals surface area contributed by atoms with Crippen LogP contribution in [0.4, 0.5) is 11.4 Å². The number of amides is 3. The number of nitrogens with one attached hydrogen (secondary N) is 1. The highest BCUT2D eigenvalue weighted by molar-refractivity contribution is 7.09. The van der Waals surface area contributed by atoms with Crippen molar-refractivity contribution >= 4 is 40.6 Å². The van der Waals surface area contributed by atoms with Gasteiger partial charge < -0.3 is 26.3 Å². The van der Waals surface area contributed by atoms with Gasteiger partial charge >= 0.3 is 0 Å². The molecular weight excluding hydrogens is 506 g/mol. The van der Waals surface area contributed by atoms with Crippen molar-refractivity contribution in [2.75, 3.05) is 30.4 Å². The Labute approximate surface area is 225 Å². The first-order chi connectivity index (χ1) is 18.3. The molecule has 5 N–H and O–H groups in total. The minimum atomic E-state index is -1.07. The highest BCUT2D eigenvalue weighted by Gasteiger charge is 2.37. The molecule has 10 nitrogen and oxygen atoms in total. The fourth-order valence-electron chi connectivity index (χ4n) is 4.39. The summed E-state index contributed by atoms with van der Waals surface area (Å²) in [5.74, 6) is -1.16. The number of anilines is 2. The standard InChI is InChI=1S/C27H31N5O5S/c1-3-36-18-12-10-17(11-13-18)23(26(34)30-15-19-8-6-14-37-19)32(20-9-5-4-7-16(20)2)27(35)24-21(28)22(25(29)33)31-38-24/h4-5,7,9-13,19,23H,3,6,8,14-15,28H2,1-2H3,(H2,29,33)(H,30,34)/t19-,23-/m1/s1. The number of hydrogen-bond acceptors (Lipinski definition) is 8. The molecule has 1 aliphatic heterocycles. The Balaban J connectivity index is 1.81. The Morgan fingerprint density at radius 2 is 1.95 bits per heavy atom. The topological polar surface area (TPSA) is 150 Å². The molecular formula is C27H31N5O5S. The fourth-order valence-corrected chi connectivity index (χ4v) is 5.13. The van der Waals surface area contributed by atoms with E-state index in [2.05, 4.69) is 9.69 Å². The average molecular weight is 538 g/mol. The number of carbonyl (C=O) groups is 3. The predicted octanol–water partition coefficient (Wildman–Crippen LogP) is 3.21. The van der Waals surface area contributed by atoms with E-state index in [1.165, 1.54) is 4.90 Å². The summed E-state index contributed by atoms with van der Waals surface area (Å²) in [5.41, 5.74) is 13.1. The van der Waals surface area contributed by atoms with Gasteiger partial charge in [0.2, 0.25) is 5.91 Å². The molecule has 1 aliphatic rings. The fraction of sp³-hybridized carbons (Fsp3) is 0.333. The molecule has 1 aromatic heterocycles. The van der Waals surface area contributed by atoms with Crippen LogP contribution < -0.4 is 26.4 Å². The minimum Gasteiger partial charge on any atom is -0.494 e. The third-order valence-corrected chi connectivity index (χ3v) is 7.14. The Morgan fingerprint density at radius 1 is 1.21 bits per heavy atom. The molecule has 0 spiro atoms. The molecule has 3 amide bonds. The summed E-state index contributed by atoms with van der Waals surface area (Å²) in [6.45, 7) is 5.19. The first-order valence-corrected chi connectivity index (χ1v) is 13.1. The second kappa shape index (κ2) is 12.1. The van der Waals surface area contributed by atoms with E-state index in [-0.39, 0.29) is 28.3 Å². The molecule has 4 rings (SSSR count). The van der Waals surface area contributed by atoms with Gasteiger partial charge in [-0.2, -0.15) is 4.37 Å². The van der Waals surface area contributed by atoms with Crippen molar-refractivity contribution in [3.05, 3.63) is 70.2 Å². The summed E-state index contributed by atoms with van der Waals surface area (Å²) in [7, 11) is 0. The quantitative estimate of drug-likeness (QED) is 0.359. The van der Waals surface area contributed by atoms with Crippen molar-refractivity contribution < 1.29 is 23.9 Å². The van der Waals surface area contributed by atoms with Crippen molar-refractivity contribution in [3.63, 3.8) is 0 Å². The van der Waals surface area contributed by atoms with Gasteiger partial charge in [-0.25, -0.2) is 0 Å². The maximum absolute atomic E-state index is 14.1. The van der Waals surface area contributed by atoms with Crippen LogP contribution in [0.15, 0.2) is 48.5 Å². The van der Waals surface area contributed by atoms with Crippen molar-refractivity contribution in [2.45, 2.75) is 38.8 Å². The minimum absolute atomic E-state index is 0.0184. The first kappa shape index (κ1) is 27.1. The maximum atomic E-state index is 14.1. The lowest BCUT2D eigenvalue weighted by atomic mass is 10.0. The molecule has 200 valence electrons. The lowest BCUT2D eigenvalue weighted by molar-refractivity contribution is -0.123. The molecule has 1 fully saturated rings. The van der Waals surface area contributed by atoms with E-state index < -0.39 is 17.9 Å². The first-order valence-electron chi connectivity index (χ1n) is 12.4. The van der Waals surface area contributed by atoms with Gasteiger partial charge in [-0.3, -0.25) is 19.3 Å². The number of carbonyl (C=O) groups excluding carboxylic acids is 3. The zero-order valence-corrected chi connectivity index (χ0v) is 22.1. The van der Waals surface area contributed by atoms with Crippen molar-refractivity contribution in [2.24, 2.45) is 5.73 Å². The summed E-state index contributed by atoms with van der Waals surface area (Å²) in [4.78, 5) is 41.2. The Hall–Kier alpha value is -3.96. The molecule has 0 unspecified atom stereocenters. The van der Waals surface area contributed by atoms with Crippen LogP contribution in [-0.4, -0.2) is 48.0 Å². The van der Waals surface area contributed by atoms with Gasteiger partial charge in [-0.1, -0.05) is 30.3 Å². The number of aryl methyl sites for hydroxylation is 1. The molecule has 1 saturated heterocycles. The van der Waals surface area contributed by atoms with Gasteiger partial charge in [-0.15, -0.1) is 0 Å². The third kappa shape index (κ3) is 5.79. The number of nitrogens with zero attached hydrogens (tertiary/aromatic N) is 2. The van der Waals surface area contributed by atoms with E-state index in [1.54, 1.807) is 36.4 Å². The second-order valence-corrected chi connectivity index (χ2v) is 9.66. The van der Waals surface area contributed by atoms with Crippen LogP contribution in [0.25, 0.3) is 0 Å². The number of aromatic nitrogens is 1. The van der Waals surface area contributed by atoms with Gasteiger partial charge in [0.25, 0.3) is 11.8 Å². The molecule has 11 heteroatoms. The molecule has 2 aromatic carbocycles. The second-order valence-electron chi connectivity index (χ2n) is 8.88. The summed E-state index contributed by atoms with van der Waals surface area (Å²) in [5, 5.41) is 2.97. The molecule has 2 heterocycles. The number of nitrogens with two attached hydrogens (primary N) is 2. The molecule has 2 atom stereocenters. The van der Waals surface area contributed by atoms with E-state index in [0.29, 0.717) is 36.8 Å². The summed E-state index contributed by atoms with van der Waals surface area (Å²) < 4.78 is 15.2. The largest absolute Gasteiger partial charge is 0.494 e. The number of hydrogen-bond donors (Lipinski definition) is 3. The number of primary amides is 1. The van der Waals surface area contributed by atoms with Crippen LogP contribution in [0, 0.1) is 6.92 Å². The zero-order valence-electron chi connectivity index (χ0n) is 21.3. The van der Waals surface area contributed by atoms with Crippen molar-refractivity contribution in [3.8, 4) is 5.75 Å². The lowest BCUT2D eigenvalue weighted by Gasteiger charge is -2.32. The summed E-state index contributed by atoms with van der Waals surface area (Å²) in [6, 6.07) is 13.2. The van der Waals surface area contributed by atoms with E-state index >= 15 is 0 Å². The molecule has 0 aliphatic carbocycles. The average Bonchev–Trinajstić information content (AvgIpc) is 3.57. The van der Waals surface area contributed by atoms with Gasteiger partial charge in [0.15, 0.2) is 5.69 Å². The van der Waals surface area contributed by atoms with E-state index in [0.717, 1.165) is 29.9 Å². The monoisotopic (exact) mass is 537 g/mol. The lowest BCUT2D eigenvalue weighted by Crippen LogP contribution is -2.45. The van der Waals surface area contributed by atoms with Gasteiger partial charge in [0.05, 0.1) is 18.4 Å². The third-order valence-electron chi connectivity index (χ3n) is 6.29. The molecule has 0 saturated carbocycles. The smallest absolute Gasteiger partial charge is 0.273 e. The number of rotatable bonds is 10. The van der Waals surface area contributed by atoms with Gasteiger partial charge in [-0.05, 0) is 67.5 Å². The van der Waals surface area contributed by atoms with Crippen LogP contribution in [0.3, 0.4) is 0 Å². The SMILES string of the molecule is CCOc1ccc([C@H](C(=O)NC[C@H]2CCCO2)N(C(=O)c2snc(C(N)=O)c2N)c2ccccc2C)cc1. The normalized spacial score (nSPS) is 15.6. The van der Waals surface area contributed by atoms with Crippen LogP contribution in [-0.2, 0) is 9.53 Å². The highest BCUT2D eigenvalue weighted by atomic mass is 32.1. The zero-order chi connectivity index (χ0) is 27.2. The van der Waals surface area contributed by atoms with Gasteiger partial charge in [0, 0.05) is 18.8 Å². The molecule has 0 bridgehead atoms. The number of benzene rings is 2. The van der Waals surface area contributed by atoms with E-state index in [1.807, 2.05) is 26.0 Å². The maximum Gasteiger partial charge on any atom is 0.273 e. The van der Waals surface area contributed by atoms with Crippen LogP contribution in [0.1, 0.15) is 57.1 Å². The Bertz CT molecular complexity index is 1300. The molecule has 3 aromatic rings. The molecule has 0 radical (unpaired) electrons. The Morgan fingerprint density at radius 3 is 2.55 bits per heavy atom. The summed E-state index contributed by atoms with van der Waals surface area (Å²) in [6.07, 6.45) is 1.70. The van der Waals surface area contributed by atoms with Crippen LogP contribution >= 0.6 is 11.5 Å². The van der Waals surface area contributed by atoms with E-state index in [9.17, 15) is 14.4 Å². The predicted molar refractivity (Wildman–Crippen MR) is 145 cm³/mol. The molecule has 38 heavy (non-hydrogen) atoms. The highest BCUT2D eigenvalue weighted by Crippen LogP contribution is 2.35.